The molecule has 164 valence electrons. The van der Waals surface area contributed by atoms with Crippen molar-refractivity contribution in [2.45, 2.75) is 24.4 Å². The maximum Gasteiger partial charge on any atom is 0.158 e. The number of halogens is 1. The minimum atomic E-state index is -1.06. The Bertz CT molecular complexity index is 1500. The number of aliphatic hydroxyl groups excluding tert-OH is 1. The summed E-state index contributed by atoms with van der Waals surface area (Å²) in [5, 5.41) is 25.4. The molecule has 33 heavy (non-hydrogen) atoms. The first-order chi connectivity index (χ1) is 16.0. The SMILES string of the molecule is OCC1(O)CC(c2nc(-c3ccc4ccc(-c5ccccc5)nc4c3)c3c(Cl)ncnn23)C1. The van der Waals surface area contributed by atoms with E-state index in [1.165, 1.54) is 6.33 Å². The van der Waals surface area contributed by atoms with Crippen LogP contribution in [0.15, 0.2) is 67.0 Å². The molecule has 0 atom stereocenters. The van der Waals surface area contributed by atoms with Gasteiger partial charge in [-0.15, -0.1) is 0 Å². The van der Waals surface area contributed by atoms with Gasteiger partial charge in [-0.1, -0.05) is 60.1 Å². The Morgan fingerprint density at radius 2 is 1.79 bits per heavy atom. The monoisotopic (exact) mass is 457 g/mol. The highest BCUT2D eigenvalue weighted by atomic mass is 35.5. The zero-order chi connectivity index (χ0) is 22.6. The molecule has 7 nitrogen and oxygen atoms in total. The van der Waals surface area contributed by atoms with Crippen molar-refractivity contribution < 1.29 is 10.2 Å². The highest BCUT2D eigenvalue weighted by Crippen LogP contribution is 2.45. The number of aromatic nitrogens is 5. The number of pyridine rings is 1. The van der Waals surface area contributed by atoms with Crippen LogP contribution in [0.1, 0.15) is 24.6 Å². The van der Waals surface area contributed by atoms with E-state index in [2.05, 4.69) is 16.1 Å². The Morgan fingerprint density at radius 1 is 1.00 bits per heavy atom. The number of benzene rings is 2. The minimum absolute atomic E-state index is 0.0300. The minimum Gasteiger partial charge on any atom is -0.393 e. The standard InChI is InChI=1S/C25H20ClN5O2/c26-23-22-21(30-24(31(22)28-14-27-23)18-11-25(33,12-18)13-32)17-7-6-16-8-9-19(29-20(16)10-17)15-4-2-1-3-5-15/h1-10,14,18,32-33H,11-13H2. The molecule has 2 N–H and O–H groups in total. The van der Waals surface area contributed by atoms with E-state index in [9.17, 15) is 10.2 Å². The lowest BCUT2D eigenvalue weighted by Crippen LogP contribution is -2.46. The van der Waals surface area contributed by atoms with Gasteiger partial charge < -0.3 is 10.2 Å². The second-order valence-corrected chi connectivity index (χ2v) is 8.95. The Balaban J connectivity index is 1.48. The molecule has 1 aliphatic rings. The summed E-state index contributed by atoms with van der Waals surface area (Å²) in [6, 6.07) is 20.1. The molecule has 1 fully saturated rings. The second-order valence-electron chi connectivity index (χ2n) is 8.59. The van der Waals surface area contributed by atoms with E-state index in [4.69, 9.17) is 21.6 Å². The van der Waals surface area contributed by atoms with Gasteiger partial charge in [0, 0.05) is 22.4 Å². The molecule has 3 aromatic heterocycles. The van der Waals surface area contributed by atoms with Crippen LogP contribution in [0.3, 0.4) is 0 Å². The van der Waals surface area contributed by atoms with Gasteiger partial charge in [0.15, 0.2) is 5.15 Å². The van der Waals surface area contributed by atoms with Crippen LogP contribution in [0, 0.1) is 0 Å². The quantitative estimate of drug-likeness (QED) is 0.418. The summed E-state index contributed by atoms with van der Waals surface area (Å²) in [5.41, 5.74) is 3.89. The van der Waals surface area contributed by atoms with E-state index in [1.807, 2.05) is 54.6 Å². The first-order valence-corrected chi connectivity index (χ1v) is 11.1. The van der Waals surface area contributed by atoms with Crippen LogP contribution >= 0.6 is 11.6 Å². The fraction of sp³-hybridized carbons (Fsp3) is 0.200. The van der Waals surface area contributed by atoms with Crippen molar-refractivity contribution in [3.63, 3.8) is 0 Å². The van der Waals surface area contributed by atoms with Crippen molar-refractivity contribution >= 4 is 28.0 Å². The second kappa shape index (κ2) is 7.59. The number of hydrogen-bond acceptors (Lipinski definition) is 6. The number of hydrogen-bond donors (Lipinski definition) is 2. The van der Waals surface area contributed by atoms with Crippen LogP contribution in [0.2, 0.25) is 5.15 Å². The Labute approximate surface area is 194 Å². The predicted molar refractivity (Wildman–Crippen MR) is 126 cm³/mol. The zero-order valence-corrected chi connectivity index (χ0v) is 18.3. The lowest BCUT2D eigenvalue weighted by molar-refractivity contribution is -0.0884. The van der Waals surface area contributed by atoms with Gasteiger partial charge in [0.05, 0.1) is 23.4 Å². The topological polar surface area (TPSA) is 96.4 Å². The summed E-state index contributed by atoms with van der Waals surface area (Å²) < 4.78 is 1.70. The average Bonchev–Trinajstić information content (AvgIpc) is 3.22. The maximum absolute atomic E-state index is 10.3. The van der Waals surface area contributed by atoms with Gasteiger partial charge >= 0.3 is 0 Å². The lowest BCUT2D eigenvalue weighted by Gasteiger charge is -2.41. The summed E-state index contributed by atoms with van der Waals surface area (Å²) >= 11 is 6.48. The van der Waals surface area contributed by atoms with E-state index < -0.39 is 5.60 Å². The van der Waals surface area contributed by atoms with Crippen molar-refractivity contribution in [2.75, 3.05) is 6.61 Å². The molecule has 0 saturated heterocycles. The first-order valence-electron chi connectivity index (χ1n) is 10.7. The van der Waals surface area contributed by atoms with Gasteiger partial charge in [0.25, 0.3) is 0 Å². The normalized spacial score (nSPS) is 20.3. The molecule has 1 aliphatic carbocycles. The highest BCUT2D eigenvalue weighted by molar-refractivity contribution is 6.33. The molecule has 0 unspecified atom stereocenters. The third kappa shape index (κ3) is 3.36. The Morgan fingerprint density at radius 3 is 2.58 bits per heavy atom. The summed E-state index contributed by atoms with van der Waals surface area (Å²) in [5.74, 6) is 0.672. The molecule has 3 heterocycles. The predicted octanol–water partition coefficient (Wildman–Crippen LogP) is 4.26. The lowest BCUT2D eigenvalue weighted by atomic mass is 9.71. The van der Waals surface area contributed by atoms with Crippen LogP contribution in [-0.4, -0.2) is 47.0 Å². The Kier molecular flexibility index (Phi) is 4.65. The van der Waals surface area contributed by atoms with E-state index in [0.29, 0.717) is 35.0 Å². The molecule has 2 aromatic carbocycles. The van der Waals surface area contributed by atoms with Crippen molar-refractivity contribution in [1.29, 1.82) is 0 Å². The van der Waals surface area contributed by atoms with Crippen molar-refractivity contribution in [3.8, 4) is 22.5 Å². The highest BCUT2D eigenvalue weighted by Gasteiger charge is 2.45. The molecule has 0 amide bonds. The van der Waals surface area contributed by atoms with Crippen LogP contribution < -0.4 is 0 Å². The van der Waals surface area contributed by atoms with Crippen molar-refractivity contribution in [2.24, 2.45) is 0 Å². The van der Waals surface area contributed by atoms with E-state index >= 15 is 0 Å². The van der Waals surface area contributed by atoms with Gasteiger partial charge in [-0.05, 0) is 25.0 Å². The third-order valence-corrected chi connectivity index (χ3v) is 6.64. The van der Waals surface area contributed by atoms with E-state index in [0.717, 1.165) is 27.7 Å². The summed E-state index contributed by atoms with van der Waals surface area (Å²) in [6.45, 7) is -0.268. The van der Waals surface area contributed by atoms with Crippen LogP contribution in [0.4, 0.5) is 0 Å². The Hall–Kier alpha value is -3.39. The number of fused-ring (bicyclic) bond motifs is 2. The van der Waals surface area contributed by atoms with Crippen LogP contribution in [0.25, 0.3) is 38.9 Å². The smallest absolute Gasteiger partial charge is 0.158 e. The van der Waals surface area contributed by atoms with Gasteiger partial charge in [-0.2, -0.15) is 5.10 Å². The summed E-state index contributed by atoms with van der Waals surface area (Å²) in [6.07, 6.45) is 2.24. The fourth-order valence-electron chi connectivity index (χ4n) is 4.59. The van der Waals surface area contributed by atoms with Crippen LogP contribution in [0.5, 0.6) is 0 Å². The molecule has 6 rings (SSSR count). The van der Waals surface area contributed by atoms with E-state index in [-0.39, 0.29) is 12.5 Å². The molecule has 8 heteroatoms. The molecule has 0 aliphatic heterocycles. The third-order valence-electron chi connectivity index (χ3n) is 6.36. The summed E-state index contributed by atoms with van der Waals surface area (Å²) in [7, 11) is 0. The molecule has 0 bridgehead atoms. The number of rotatable bonds is 4. The number of aliphatic hydroxyl groups is 2. The largest absolute Gasteiger partial charge is 0.393 e. The molecular weight excluding hydrogens is 438 g/mol. The van der Waals surface area contributed by atoms with Gasteiger partial charge in [0.2, 0.25) is 0 Å². The summed E-state index contributed by atoms with van der Waals surface area (Å²) in [4.78, 5) is 13.9. The fourth-order valence-corrected chi connectivity index (χ4v) is 4.80. The zero-order valence-electron chi connectivity index (χ0n) is 17.6. The molecule has 5 aromatic rings. The number of imidazole rings is 1. The van der Waals surface area contributed by atoms with Crippen molar-refractivity contribution in [3.05, 3.63) is 78.0 Å². The number of nitrogens with zero attached hydrogens (tertiary/aromatic N) is 5. The van der Waals surface area contributed by atoms with E-state index in [1.54, 1.807) is 4.52 Å². The van der Waals surface area contributed by atoms with Gasteiger partial charge in [-0.3, -0.25) is 0 Å². The van der Waals surface area contributed by atoms with Gasteiger partial charge in [-0.25, -0.2) is 19.5 Å². The van der Waals surface area contributed by atoms with Crippen LogP contribution in [-0.2, 0) is 0 Å². The van der Waals surface area contributed by atoms with Gasteiger partial charge in [0.1, 0.15) is 23.4 Å². The molecule has 0 spiro atoms. The first kappa shape index (κ1) is 20.2. The maximum atomic E-state index is 10.3. The molecule has 0 radical (unpaired) electrons. The average molecular weight is 458 g/mol. The molecular formula is C25H20ClN5O2. The molecule has 1 saturated carbocycles. The van der Waals surface area contributed by atoms with Crippen molar-refractivity contribution in [1.82, 2.24) is 24.6 Å².